The lowest BCUT2D eigenvalue weighted by atomic mass is 9.92. The van der Waals surface area contributed by atoms with E-state index in [0.29, 0.717) is 0 Å². The van der Waals surface area contributed by atoms with E-state index in [1.807, 2.05) is 0 Å². The zero-order valence-electron chi connectivity index (χ0n) is 14.3. The summed E-state index contributed by atoms with van der Waals surface area (Å²) in [6, 6.07) is 0. The van der Waals surface area contributed by atoms with Gasteiger partial charge in [-0.3, -0.25) is 0 Å². The number of carbonyl (C=O) groups excluding carboxylic acids is 2. The molecule has 24 heavy (non-hydrogen) atoms. The summed E-state index contributed by atoms with van der Waals surface area (Å²) in [5, 5.41) is 0. The van der Waals surface area contributed by atoms with Crippen molar-refractivity contribution in [2.45, 2.75) is 82.4 Å². The van der Waals surface area contributed by atoms with Crippen LogP contribution in [-0.2, 0) is 28.5 Å². The molecule has 0 N–H and O–H groups in total. The van der Waals surface area contributed by atoms with Crippen molar-refractivity contribution < 1.29 is 28.5 Å². The van der Waals surface area contributed by atoms with Crippen LogP contribution in [0.15, 0.2) is 12.2 Å². The second kappa shape index (κ2) is 7.23. The lowest BCUT2D eigenvalue weighted by molar-refractivity contribution is -0.202. The first kappa shape index (κ1) is 17.4. The van der Waals surface area contributed by atoms with Gasteiger partial charge >= 0.3 is 11.9 Å². The average molecular weight is 338 g/mol. The highest BCUT2D eigenvalue weighted by Gasteiger charge is 2.52. The monoisotopic (exact) mass is 338 g/mol. The molecular formula is C18H26O6. The molecule has 1 heterocycles. The van der Waals surface area contributed by atoms with Crippen LogP contribution in [0.1, 0.15) is 58.3 Å². The third-order valence-corrected chi connectivity index (χ3v) is 4.99. The van der Waals surface area contributed by atoms with Gasteiger partial charge in [-0.1, -0.05) is 13.0 Å². The Kier molecular flexibility index (Phi) is 5.25. The van der Waals surface area contributed by atoms with Gasteiger partial charge in [0, 0.05) is 18.4 Å². The van der Waals surface area contributed by atoms with Gasteiger partial charge in [0.1, 0.15) is 12.2 Å². The lowest BCUT2D eigenvalue weighted by Crippen LogP contribution is -2.42. The number of ether oxygens (including phenoxy) is 4. The molecule has 1 spiro atoms. The van der Waals surface area contributed by atoms with E-state index < -0.39 is 24.3 Å². The van der Waals surface area contributed by atoms with Gasteiger partial charge in [-0.05, 0) is 39.0 Å². The van der Waals surface area contributed by atoms with Crippen LogP contribution in [0.25, 0.3) is 0 Å². The van der Waals surface area contributed by atoms with E-state index in [4.69, 9.17) is 18.9 Å². The van der Waals surface area contributed by atoms with E-state index in [2.05, 4.69) is 6.58 Å². The second-order valence-corrected chi connectivity index (χ2v) is 7.03. The van der Waals surface area contributed by atoms with Crippen molar-refractivity contribution >= 4 is 11.9 Å². The molecule has 3 aliphatic rings. The average Bonchev–Trinajstić information content (AvgIpc) is 2.91. The Bertz CT molecular complexity index is 508. The molecule has 3 atom stereocenters. The Balaban J connectivity index is 1.55. The van der Waals surface area contributed by atoms with Gasteiger partial charge in [0.2, 0.25) is 0 Å². The summed E-state index contributed by atoms with van der Waals surface area (Å²) in [5.41, 5.74) is 0.257. The van der Waals surface area contributed by atoms with Crippen molar-refractivity contribution in [3.63, 3.8) is 0 Å². The van der Waals surface area contributed by atoms with Crippen molar-refractivity contribution in [1.29, 1.82) is 0 Å². The smallest absolute Gasteiger partial charge is 0.344 e. The SMILES string of the molecule is C=C(C)C(=O)OCC(=O)OC1CCCC2OC3(CCCCC3)OC12. The van der Waals surface area contributed by atoms with Crippen LogP contribution in [0.5, 0.6) is 0 Å². The maximum atomic E-state index is 12.0. The van der Waals surface area contributed by atoms with Gasteiger partial charge in [0.15, 0.2) is 12.4 Å². The fraction of sp³-hybridized carbons (Fsp3) is 0.778. The highest BCUT2D eigenvalue weighted by Crippen LogP contribution is 2.45. The maximum Gasteiger partial charge on any atom is 0.344 e. The van der Waals surface area contributed by atoms with Crippen molar-refractivity contribution in [1.82, 2.24) is 0 Å². The van der Waals surface area contributed by atoms with Gasteiger partial charge in [-0.25, -0.2) is 9.59 Å². The summed E-state index contributed by atoms with van der Waals surface area (Å²) >= 11 is 0. The van der Waals surface area contributed by atoms with Gasteiger partial charge < -0.3 is 18.9 Å². The molecule has 0 aromatic rings. The van der Waals surface area contributed by atoms with Crippen molar-refractivity contribution in [3.8, 4) is 0 Å². The summed E-state index contributed by atoms with van der Waals surface area (Å²) in [6.07, 6.45) is 7.34. The minimum absolute atomic E-state index is 0.00683. The minimum atomic E-state index is -0.588. The molecule has 0 radical (unpaired) electrons. The number of fused-ring (bicyclic) bond motifs is 1. The normalized spacial score (nSPS) is 31.3. The van der Waals surface area contributed by atoms with Gasteiger partial charge in [-0.15, -0.1) is 0 Å². The summed E-state index contributed by atoms with van der Waals surface area (Å²) in [5.74, 6) is -1.62. The number of hydrogen-bond donors (Lipinski definition) is 0. The highest BCUT2D eigenvalue weighted by atomic mass is 16.8. The predicted octanol–water partition coefficient (Wildman–Crippen LogP) is 2.65. The molecule has 0 bridgehead atoms. The van der Waals surface area contributed by atoms with Gasteiger partial charge in [0.05, 0.1) is 6.10 Å². The van der Waals surface area contributed by atoms with E-state index in [9.17, 15) is 9.59 Å². The van der Waals surface area contributed by atoms with Crippen LogP contribution in [0.3, 0.4) is 0 Å². The fourth-order valence-electron chi connectivity index (χ4n) is 3.82. The highest BCUT2D eigenvalue weighted by molar-refractivity contribution is 5.88. The first-order valence-corrected chi connectivity index (χ1v) is 8.87. The Morgan fingerprint density at radius 1 is 1.12 bits per heavy atom. The first-order valence-electron chi connectivity index (χ1n) is 8.87. The van der Waals surface area contributed by atoms with E-state index in [0.717, 1.165) is 44.9 Å². The lowest BCUT2D eigenvalue weighted by Gasteiger charge is -2.32. The molecule has 0 aromatic heterocycles. The Morgan fingerprint density at radius 3 is 2.58 bits per heavy atom. The summed E-state index contributed by atoms with van der Waals surface area (Å²) < 4.78 is 22.8. The van der Waals surface area contributed by atoms with Crippen molar-refractivity contribution in [2.75, 3.05) is 6.61 Å². The van der Waals surface area contributed by atoms with Crippen LogP contribution in [0, 0.1) is 0 Å². The molecule has 0 aromatic carbocycles. The minimum Gasteiger partial charge on any atom is -0.457 e. The van der Waals surface area contributed by atoms with Gasteiger partial charge in [0.25, 0.3) is 0 Å². The fourth-order valence-corrected chi connectivity index (χ4v) is 3.82. The van der Waals surface area contributed by atoms with Crippen molar-refractivity contribution in [2.24, 2.45) is 0 Å². The molecular weight excluding hydrogens is 312 g/mol. The summed E-state index contributed by atoms with van der Waals surface area (Å²) in [4.78, 5) is 23.3. The molecule has 1 saturated heterocycles. The van der Waals surface area contributed by atoms with Crippen molar-refractivity contribution in [3.05, 3.63) is 12.2 Å². The zero-order valence-corrected chi connectivity index (χ0v) is 14.3. The largest absolute Gasteiger partial charge is 0.457 e. The maximum absolute atomic E-state index is 12.0. The Hall–Kier alpha value is -1.40. The second-order valence-electron chi connectivity index (χ2n) is 7.03. The number of carbonyl (C=O) groups is 2. The molecule has 6 nitrogen and oxygen atoms in total. The van der Waals surface area contributed by atoms with Crippen LogP contribution in [-0.4, -0.2) is 42.6 Å². The number of rotatable bonds is 4. The van der Waals surface area contributed by atoms with Crippen LogP contribution in [0.2, 0.25) is 0 Å². The van der Waals surface area contributed by atoms with Crippen LogP contribution < -0.4 is 0 Å². The molecule has 1 aliphatic heterocycles. The van der Waals surface area contributed by atoms with E-state index in [-0.39, 0.29) is 23.9 Å². The quantitative estimate of drug-likeness (QED) is 0.580. The third-order valence-electron chi connectivity index (χ3n) is 4.99. The molecule has 3 unspecified atom stereocenters. The third kappa shape index (κ3) is 3.81. The first-order chi connectivity index (χ1) is 11.5. The Labute approximate surface area is 142 Å². The molecule has 3 rings (SSSR count). The standard InChI is InChI=1S/C18H26O6/c1-12(2)17(20)21-11-15(19)22-13-7-6-8-14-16(13)24-18(23-14)9-4-3-5-10-18/h13-14,16H,1,3-11H2,2H3. The van der Waals surface area contributed by atoms with E-state index >= 15 is 0 Å². The molecule has 2 aliphatic carbocycles. The topological polar surface area (TPSA) is 71.1 Å². The van der Waals surface area contributed by atoms with E-state index in [1.165, 1.54) is 13.3 Å². The summed E-state index contributed by atoms with van der Waals surface area (Å²) in [6.45, 7) is 4.61. The molecule has 3 fully saturated rings. The van der Waals surface area contributed by atoms with Gasteiger partial charge in [-0.2, -0.15) is 0 Å². The number of hydrogen-bond acceptors (Lipinski definition) is 6. The Morgan fingerprint density at radius 2 is 1.88 bits per heavy atom. The molecule has 2 saturated carbocycles. The van der Waals surface area contributed by atoms with Crippen LogP contribution in [0.4, 0.5) is 0 Å². The molecule has 134 valence electrons. The number of esters is 2. The molecule has 0 amide bonds. The molecule has 6 heteroatoms. The predicted molar refractivity (Wildman–Crippen MR) is 85.1 cm³/mol. The zero-order chi connectivity index (χ0) is 17.2. The van der Waals surface area contributed by atoms with Crippen LogP contribution >= 0.6 is 0 Å². The van der Waals surface area contributed by atoms with E-state index in [1.54, 1.807) is 0 Å². The summed E-state index contributed by atoms with van der Waals surface area (Å²) in [7, 11) is 0.